The molecule has 10 heteroatoms. The third kappa shape index (κ3) is 15.3. The van der Waals surface area contributed by atoms with Crippen molar-refractivity contribution >= 4 is 23.7 Å². The van der Waals surface area contributed by atoms with E-state index in [0.717, 1.165) is 22.6 Å². The van der Waals surface area contributed by atoms with E-state index in [1.165, 1.54) is 128 Å². The first-order valence-electron chi connectivity index (χ1n) is 16.9. The van der Waals surface area contributed by atoms with Gasteiger partial charge in [0.1, 0.15) is 0 Å². The minimum atomic E-state index is -10.7. The summed E-state index contributed by atoms with van der Waals surface area (Å²) in [5.41, 5.74) is 7.67. The van der Waals surface area contributed by atoms with Crippen molar-refractivity contribution in [1.82, 2.24) is 0 Å². The van der Waals surface area contributed by atoms with E-state index in [4.69, 9.17) is 0 Å². The normalized spacial score (nSPS) is 27.5. The molecule has 6 saturated carbocycles. The van der Waals surface area contributed by atoms with Crippen molar-refractivity contribution in [3.8, 4) is 0 Å². The fourth-order valence-corrected chi connectivity index (χ4v) is 15.5. The Hall–Kier alpha value is 1.38. The van der Waals surface area contributed by atoms with Crippen LogP contribution in [0.25, 0.3) is 0 Å². The summed E-state index contributed by atoms with van der Waals surface area (Å²) >= 11 is 0. The minimum absolute atomic E-state index is 0. The van der Waals surface area contributed by atoms with Gasteiger partial charge >= 0.3 is 49.8 Å². The third-order valence-electron chi connectivity index (χ3n) is 9.76. The Morgan fingerprint density at radius 1 is 0.386 bits per heavy atom. The molecule has 0 bridgehead atoms. The second-order valence-electron chi connectivity index (χ2n) is 13.2. The number of rotatable bonds is 6. The SMILES string of the molecule is F[P-](F)(F)(F)(F)F.[CH]1[CH][CH][C](P(C2CCCCC2)C2CCCCC2)[CH]1.[CH]1[CH][CH][C](P(C2CCCCC2)C2CCCCC2)[CH]1.[Co+3]. The summed E-state index contributed by atoms with van der Waals surface area (Å²) < 4.78 is 59.2. The summed E-state index contributed by atoms with van der Waals surface area (Å²) in [6, 6.07) is 0. The van der Waals surface area contributed by atoms with Crippen LogP contribution in [0.5, 0.6) is 0 Å². The van der Waals surface area contributed by atoms with Crippen LogP contribution >= 0.6 is 23.7 Å². The van der Waals surface area contributed by atoms with E-state index < -0.39 is 7.81 Å². The van der Waals surface area contributed by atoms with Crippen molar-refractivity contribution in [3.63, 3.8) is 0 Å². The zero-order valence-corrected chi connectivity index (χ0v) is 29.7. The predicted octanol–water partition coefficient (Wildman–Crippen LogP) is 14.4. The molecule has 0 unspecified atom stereocenters. The standard InChI is InChI=1S/2C17H26P.Co.F6P/c2*1-3-9-15(10-4-1)18(17-13-7-8-14-17)16-11-5-2-6-12-16;;1-7(2,3,4,5)6/h2*7-8,13-16H,1-6,9-12H2;;/q;;+3;-1. The summed E-state index contributed by atoms with van der Waals surface area (Å²) in [6.07, 6.45) is 48.9. The van der Waals surface area contributed by atoms with E-state index in [0.29, 0.717) is 0 Å². The van der Waals surface area contributed by atoms with Gasteiger partial charge < -0.3 is 0 Å². The van der Waals surface area contributed by atoms with Gasteiger partial charge in [0.2, 0.25) is 0 Å². The van der Waals surface area contributed by atoms with E-state index >= 15 is 0 Å². The third-order valence-corrected chi connectivity index (χ3v) is 16.8. The van der Waals surface area contributed by atoms with Gasteiger partial charge in [-0.15, -0.1) is 0 Å². The van der Waals surface area contributed by atoms with Crippen molar-refractivity contribution < 1.29 is 42.0 Å². The van der Waals surface area contributed by atoms with Gasteiger partial charge in [-0.2, -0.15) is 0 Å². The number of hydrogen-bond acceptors (Lipinski definition) is 0. The van der Waals surface area contributed by atoms with Crippen LogP contribution in [0.15, 0.2) is 0 Å². The maximum absolute atomic E-state index is 10.7. The Kier molecular flexibility index (Phi) is 16.2. The minimum Gasteiger partial charge on any atom is -0.0924 e. The summed E-state index contributed by atoms with van der Waals surface area (Å²) in [5, 5.41) is 0. The molecule has 0 spiro atoms. The Bertz CT molecular complexity index is 677. The zero-order valence-electron chi connectivity index (χ0n) is 26.0. The maximum Gasteiger partial charge on any atom is 3.00 e. The van der Waals surface area contributed by atoms with Crippen LogP contribution in [0.4, 0.5) is 25.2 Å². The second-order valence-corrected chi connectivity index (χ2v) is 20.7. The van der Waals surface area contributed by atoms with Gasteiger partial charge in [0.25, 0.3) is 0 Å². The Morgan fingerprint density at radius 3 is 0.750 bits per heavy atom. The molecule has 0 nitrogen and oxygen atoms in total. The van der Waals surface area contributed by atoms with E-state index in [1.807, 2.05) is 0 Å². The van der Waals surface area contributed by atoms with Gasteiger partial charge in [0.05, 0.1) is 0 Å². The summed E-state index contributed by atoms with van der Waals surface area (Å²) in [6.45, 7) is 0. The average Bonchev–Trinajstić information content (AvgIpc) is 3.70. The molecule has 6 aliphatic rings. The van der Waals surface area contributed by atoms with Gasteiger partial charge in [-0.3, -0.25) is 0 Å². The molecule has 0 aliphatic heterocycles. The first kappa shape index (κ1) is 39.8. The molecular formula is C34H52CoF6P3+2. The smallest absolute Gasteiger partial charge is 0.0924 e. The van der Waals surface area contributed by atoms with E-state index in [-0.39, 0.29) is 32.6 Å². The van der Waals surface area contributed by atoms with Crippen molar-refractivity contribution in [1.29, 1.82) is 0 Å². The van der Waals surface area contributed by atoms with Crippen LogP contribution in [-0.4, -0.2) is 22.6 Å². The van der Waals surface area contributed by atoms with Crippen LogP contribution in [0.2, 0.25) is 0 Å². The topological polar surface area (TPSA) is 0 Å². The molecule has 0 aromatic carbocycles. The fourth-order valence-electron chi connectivity index (χ4n) is 7.95. The molecule has 0 aromatic heterocycles. The largest absolute Gasteiger partial charge is 3.00 e. The van der Waals surface area contributed by atoms with E-state index in [2.05, 4.69) is 51.4 Å². The number of hydrogen-bond donors (Lipinski definition) is 0. The summed E-state index contributed by atoms with van der Waals surface area (Å²) in [4.78, 5) is 0. The average molecular weight is 727 g/mol. The first-order chi connectivity index (χ1) is 20.3. The molecule has 10 radical (unpaired) electrons. The molecule has 44 heavy (non-hydrogen) atoms. The van der Waals surface area contributed by atoms with E-state index in [1.54, 1.807) is 11.3 Å². The van der Waals surface area contributed by atoms with Crippen molar-refractivity contribution in [2.45, 2.75) is 151 Å². The number of halogens is 6. The van der Waals surface area contributed by atoms with Gasteiger partial charge in [0, 0.05) is 11.3 Å². The maximum atomic E-state index is 9.87. The van der Waals surface area contributed by atoms with Crippen LogP contribution in [-0.2, 0) is 16.8 Å². The van der Waals surface area contributed by atoms with Crippen LogP contribution in [0, 0.1) is 62.7 Å². The summed E-state index contributed by atoms with van der Waals surface area (Å²) in [7, 11) is -10.4. The van der Waals surface area contributed by atoms with Gasteiger partial charge in [-0.05, 0) is 125 Å². The van der Waals surface area contributed by atoms with Gasteiger partial charge in [-0.1, -0.05) is 92.9 Å². The molecule has 0 atom stereocenters. The van der Waals surface area contributed by atoms with Crippen LogP contribution in [0.1, 0.15) is 128 Å². The van der Waals surface area contributed by atoms with Crippen LogP contribution < -0.4 is 0 Å². The molecule has 0 amide bonds. The Morgan fingerprint density at radius 2 is 0.568 bits per heavy atom. The van der Waals surface area contributed by atoms with Crippen molar-refractivity contribution in [3.05, 3.63) is 62.7 Å². The quantitative estimate of drug-likeness (QED) is 0.189. The summed E-state index contributed by atoms with van der Waals surface area (Å²) in [5.74, 6) is 0. The van der Waals surface area contributed by atoms with Gasteiger partial charge in [-0.25, -0.2) is 0 Å². The Balaban J connectivity index is 0.000000196. The molecule has 6 fully saturated rings. The molecule has 6 aliphatic carbocycles. The van der Waals surface area contributed by atoms with Crippen LogP contribution in [0.3, 0.4) is 0 Å². The monoisotopic (exact) mass is 726 g/mol. The molecule has 0 aromatic rings. The second kappa shape index (κ2) is 17.9. The Labute approximate surface area is 278 Å². The van der Waals surface area contributed by atoms with Crippen molar-refractivity contribution in [2.24, 2.45) is 0 Å². The molecule has 252 valence electrons. The first-order valence-corrected chi connectivity index (χ1v) is 21.9. The van der Waals surface area contributed by atoms with Crippen molar-refractivity contribution in [2.75, 3.05) is 0 Å². The molecular weight excluding hydrogens is 674 g/mol. The fraction of sp³-hybridized carbons (Fsp3) is 0.706. The van der Waals surface area contributed by atoms with E-state index in [9.17, 15) is 25.2 Å². The van der Waals surface area contributed by atoms with Gasteiger partial charge in [0.15, 0.2) is 0 Å². The molecule has 6 rings (SSSR count). The predicted molar refractivity (Wildman–Crippen MR) is 176 cm³/mol. The molecule has 0 heterocycles. The molecule has 0 saturated heterocycles. The molecule has 0 N–H and O–H groups in total. The zero-order chi connectivity index (χ0) is 30.8.